The number of amides is 1. The summed E-state index contributed by atoms with van der Waals surface area (Å²) in [4.78, 5) is 17.8. The molecule has 2 aliphatic rings. The van der Waals surface area contributed by atoms with E-state index in [2.05, 4.69) is 22.5 Å². The number of rotatable bonds is 8. The Hall–Kier alpha value is -0.610. The highest BCUT2D eigenvalue weighted by Crippen LogP contribution is 2.57. The predicted molar refractivity (Wildman–Crippen MR) is 110 cm³/mol. The van der Waals surface area contributed by atoms with E-state index in [1.54, 1.807) is 26.1 Å². The van der Waals surface area contributed by atoms with Crippen molar-refractivity contribution in [1.82, 2.24) is 15.5 Å². The van der Waals surface area contributed by atoms with Gasteiger partial charge in [0.05, 0.1) is 12.7 Å². The Morgan fingerprint density at radius 1 is 1.36 bits per heavy atom. The first-order chi connectivity index (χ1) is 11.5. The van der Waals surface area contributed by atoms with Gasteiger partial charge < -0.3 is 25.0 Å². The van der Waals surface area contributed by atoms with Crippen molar-refractivity contribution in [2.75, 3.05) is 47.5 Å². The van der Waals surface area contributed by atoms with Crippen molar-refractivity contribution in [3.63, 3.8) is 0 Å². The smallest absolute Gasteiger partial charge is 0.243 e. The zero-order valence-corrected chi connectivity index (χ0v) is 18.2. The number of carbonyl (C=O) groups excluding carboxylic acids is 1. The number of halogens is 1. The average Bonchev–Trinajstić information content (AvgIpc) is 2.48. The molecule has 2 saturated carbocycles. The maximum Gasteiger partial charge on any atom is 0.243 e. The Labute approximate surface area is 168 Å². The van der Waals surface area contributed by atoms with Crippen LogP contribution in [0.25, 0.3) is 0 Å². The van der Waals surface area contributed by atoms with E-state index in [1.807, 2.05) is 0 Å². The van der Waals surface area contributed by atoms with Gasteiger partial charge in [-0.1, -0.05) is 6.42 Å². The molecule has 2 fully saturated rings. The largest absolute Gasteiger partial charge is 0.383 e. The van der Waals surface area contributed by atoms with Crippen molar-refractivity contribution in [1.29, 1.82) is 0 Å². The Bertz CT molecular complexity index is 455. The number of carbonyl (C=O) groups is 1. The van der Waals surface area contributed by atoms with Gasteiger partial charge in [-0.25, -0.2) is 4.99 Å². The molecule has 0 radical (unpaired) electrons. The molecule has 0 heterocycles. The molecule has 0 aromatic carbocycles. The van der Waals surface area contributed by atoms with Crippen LogP contribution in [0, 0.1) is 5.41 Å². The minimum Gasteiger partial charge on any atom is -0.383 e. The summed E-state index contributed by atoms with van der Waals surface area (Å²) in [6, 6.07) is 0.367. The van der Waals surface area contributed by atoms with E-state index in [4.69, 9.17) is 9.47 Å². The summed E-state index contributed by atoms with van der Waals surface area (Å²) in [7, 11) is 5.15. The van der Waals surface area contributed by atoms with Gasteiger partial charge in [0, 0.05) is 45.8 Å². The van der Waals surface area contributed by atoms with Crippen LogP contribution in [0.4, 0.5) is 0 Å². The lowest BCUT2D eigenvalue weighted by Crippen LogP contribution is -2.68. The van der Waals surface area contributed by atoms with Crippen LogP contribution in [0.5, 0.6) is 0 Å². The van der Waals surface area contributed by atoms with Gasteiger partial charge >= 0.3 is 0 Å². The molecule has 2 aliphatic carbocycles. The van der Waals surface area contributed by atoms with Crippen molar-refractivity contribution < 1.29 is 14.3 Å². The highest BCUT2D eigenvalue weighted by Gasteiger charge is 2.59. The Morgan fingerprint density at radius 2 is 2.08 bits per heavy atom. The number of hydrogen-bond donors (Lipinski definition) is 2. The van der Waals surface area contributed by atoms with Crippen molar-refractivity contribution in [3.8, 4) is 0 Å². The molecule has 146 valence electrons. The first kappa shape index (κ1) is 22.4. The van der Waals surface area contributed by atoms with Gasteiger partial charge in [0.2, 0.25) is 5.91 Å². The van der Waals surface area contributed by atoms with Crippen LogP contribution in [-0.4, -0.2) is 76.4 Å². The highest BCUT2D eigenvalue weighted by atomic mass is 127. The summed E-state index contributed by atoms with van der Waals surface area (Å²) in [5.41, 5.74) is 0.255. The minimum atomic E-state index is -0.0120. The lowest BCUT2D eigenvalue weighted by Gasteiger charge is -2.61. The first-order valence-electron chi connectivity index (χ1n) is 8.89. The number of nitrogens with zero attached hydrogens (tertiary/aromatic N) is 2. The molecule has 0 bridgehead atoms. The Morgan fingerprint density at radius 3 is 2.60 bits per heavy atom. The third kappa shape index (κ3) is 5.43. The fourth-order valence-corrected chi connectivity index (χ4v) is 3.52. The highest BCUT2D eigenvalue weighted by molar-refractivity contribution is 14.0. The molecule has 7 nitrogen and oxygen atoms in total. The van der Waals surface area contributed by atoms with Gasteiger partial charge in [-0.3, -0.25) is 4.79 Å². The standard InChI is InChI=1S/C17H32N4O3.HI/c1-5-24-14-11-13(17(14)7-6-8-17)20-16(18-9-10-23-4)19-12-15(22)21(2)3;/h13-14H,5-12H2,1-4H3,(H2,18,19,20);1H. The van der Waals surface area contributed by atoms with Crippen LogP contribution in [0.3, 0.4) is 0 Å². The maximum absolute atomic E-state index is 11.8. The molecule has 0 aliphatic heterocycles. The summed E-state index contributed by atoms with van der Waals surface area (Å²) in [6.07, 6.45) is 5.04. The van der Waals surface area contributed by atoms with Crippen LogP contribution in [0.2, 0.25) is 0 Å². The molecule has 1 amide bonds. The monoisotopic (exact) mass is 468 g/mol. The number of hydrogen-bond acceptors (Lipinski definition) is 4. The molecule has 1 spiro atoms. The fourth-order valence-electron chi connectivity index (χ4n) is 3.52. The summed E-state index contributed by atoms with van der Waals surface area (Å²) >= 11 is 0. The molecule has 2 N–H and O–H groups in total. The van der Waals surface area contributed by atoms with Gasteiger partial charge in [-0.15, -0.1) is 24.0 Å². The van der Waals surface area contributed by atoms with E-state index in [1.165, 1.54) is 19.3 Å². The summed E-state index contributed by atoms with van der Waals surface area (Å²) in [5, 5.41) is 6.77. The molecular weight excluding hydrogens is 435 g/mol. The number of guanidine groups is 1. The second-order valence-electron chi connectivity index (χ2n) is 6.84. The minimum absolute atomic E-state index is 0. The lowest BCUT2D eigenvalue weighted by molar-refractivity contribution is -0.168. The first-order valence-corrected chi connectivity index (χ1v) is 8.89. The number of aliphatic imine (C=N–C) groups is 1. The average molecular weight is 468 g/mol. The third-order valence-electron chi connectivity index (χ3n) is 5.22. The van der Waals surface area contributed by atoms with Gasteiger partial charge in [0.15, 0.2) is 5.96 Å². The fraction of sp³-hybridized carbons (Fsp3) is 0.882. The number of likely N-dealkylation sites (N-methyl/N-ethyl adjacent to an activating group) is 1. The molecule has 0 saturated heterocycles. The van der Waals surface area contributed by atoms with E-state index in [9.17, 15) is 4.79 Å². The second kappa shape index (κ2) is 10.5. The van der Waals surface area contributed by atoms with Crippen molar-refractivity contribution in [2.24, 2.45) is 10.4 Å². The molecule has 8 heteroatoms. The maximum atomic E-state index is 11.8. The van der Waals surface area contributed by atoms with E-state index < -0.39 is 0 Å². The van der Waals surface area contributed by atoms with Gasteiger partial charge in [-0.2, -0.15) is 0 Å². The lowest BCUT2D eigenvalue weighted by atomic mass is 9.51. The topological polar surface area (TPSA) is 75.2 Å². The SMILES string of the molecule is CCOC1CC(NC(=NCC(=O)N(C)C)NCCOC)C12CCC2.I. The van der Waals surface area contributed by atoms with Crippen molar-refractivity contribution >= 4 is 35.8 Å². The molecule has 2 rings (SSSR count). The Kier molecular flexibility index (Phi) is 9.44. The van der Waals surface area contributed by atoms with Crippen molar-refractivity contribution in [3.05, 3.63) is 0 Å². The molecule has 0 aromatic heterocycles. The van der Waals surface area contributed by atoms with E-state index >= 15 is 0 Å². The van der Waals surface area contributed by atoms with Crippen LogP contribution in [-0.2, 0) is 14.3 Å². The van der Waals surface area contributed by atoms with Gasteiger partial charge in [-0.05, 0) is 26.2 Å². The van der Waals surface area contributed by atoms with Crippen LogP contribution in [0.15, 0.2) is 4.99 Å². The predicted octanol–water partition coefficient (Wildman–Crippen LogP) is 1.22. The molecule has 25 heavy (non-hydrogen) atoms. The van der Waals surface area contributed by atoms with Crippen LogP contribution < -0.4 is 10.6 Å². The second-order valence-corrected chi connectivity index (χ2v) is 6.84. The van der Waals surface area contributed by atoms with Crippen LogP contribution >= 0.6 is 24.0 Å². The Balaban J connectivity index is 0.00000312. The van der Waals surface area contributed by atoms with E-state index in [0.717, 1.165) is 13.0 Å². The summed E-state index contributed by atoms with van der Waals surface area (Å²) in [5.74, 6) is 0.676. The number of nitrogens with one attached hydrogen (secondary N) is 2. The van der Waals surface area contributed by atoms with Gasteiger partial charge in [0.1, 0.15) is 6.54 Å². The molecule has 2 atom stereocenters. The van der Waals surface area contributed by atoms with E-state index in [0.29, 0.717) is 31.3 Å². The van der Waals surface area contributed by atoms with Gasteiger partial charge in [0.25, 0.3) is 0 Å². The molecule has 0 aromatic rings. The molecular formula is C17H33IN4O3. The number of ether oxygens (including phenoxy) is 2. The quantitative estimate of drug-likeness (QED) is 0.243. The zero-order chi connectivity index (χ0) is 17.6. The third-order valence-corrected chi connectivity index (χ3v) is 5.22. The van der Waals surface area contributed by atoms with Crippen LogP contribution in [0.1, 0.15) is 32.6 Å². The van der Waals surface area contributed by atoms with E-state index in [-0.39, 0.29) is 41.8 Å². The van der Waals surface area contributed by atoms with Crippen molar-refractivity contribution in [2.45, 2.75) is 44.8 Å². The normalized spacial score (nSPS) is 23.9. The summed E-state index contributed by atoms with van der Waals surface area (Å²) < 4.78 is 11.0. The zero-order valence-electron chi connectivity index (χ0n) is 15.8. The molecule has 2 unspecified atom stereocenters. The number of methoxy groups -OCH3 is 1. The summed E-state index contributed by atoms with van der Waals surface area (Å²) in [6.45, 7) is 4.22.